The van der Waals surface area contributed by atoms with Crippen molar-refractivity contribution < 1.29 is 14.6 Å². The maximum absolute atomic E-state index is 10.8. The molecule has 0 fully saturated rings. The first-order chi connectivity index (χ1) is 8.02. The molecule has 0 amide bonds. The fraction of sp³-hybridized carbons (Fsp3) is 0.455. The van der Waals surface area contributed by atoms with E-state index in [4.69, 9.17) is 21.4 Å². The van der Waals surface area contributed by atoms with Gasteiger partial charge in [0.05, 0.1) is 5.56 Å². The van der Waals surface area contributed by atoms with Gasteiger partial charge in [0.25, 0.3) is 0 Å². The summed E-state index contributed by atoms with van der Waals surface area (Å²) in [6.07, 6.45) is 0.799. The summed E-state index contributed by atoms with van der Waals surface area (Å²) in [6, 6.07) is 2.90. The van der Waals surface area contributed by atoms with E-state index >= 15 is 0 Å². The van der Waals surface area contributed by atoms with Gasteiger partial charge < -0.3 is 15.2 Å². The predicted octanol–water partition coefficient (Wildman–Crippen LogP) is 2.27. The number of halogens is 1. The largest absolute Gasteiger partial charge is 0.478 e. The van der Waals surface area contributed by atoms with Crippen LogP contribution in [0.1, 0.15) is 23.7 Å². The molecule has 1 aromatic rings. The smallest absolute Gasteiger partial charge is 0.335 e. The Bertz CT molecular complexity index is 398. The van der Waals surface area contributed by atoms with Gasteiger partial charge in [-0.1, -0.05) is 11.6 Å². The van der Waals surface area contributed by atoms with Crippen LogP contribution in [0.2, 0.25) is 5.15 Å². The highest BCUT2D eigenvalue weighted by atomic mass is 35.5. The Kier molecular flexibility index (Phi) is 5.18. The van der Waals surface area contributed by atoms with Crippen LogP contribution in [0.4, 0.5) is 5.82 Å². The lowest BCUT2D eigenvalue weighted by molar-refractivity contribution is 0.0697. The number of carboxylic acids is 1. The molecule has 0 aliphatic rings. The van der Waals surface area contributed by atoms with Crippen molar-refractivity contribution in [2.24, 2.45) is 0 Å². The van der Waals surface area contributed by atoms with Crippen LogP contribution in [0, 0.1) is 0 Å². The maximum Gasteiger partial charge on any atom is 0.335 e. The van der Waals surface area contributed by atoms with Gasteiger partial charge in [-0.2, -0.15) is 0 Å². The molecule has 94 valence electrons. The van der Waals surface area contributed by atoms with Crippen molar-refractivity contribution in [2.45, 2.75) is 19.4 Å². The van der Waals surface area contributed by atoms with Crippen molar-refractivity contribution in [1.82, 2.24) is 4.98 Å². The Morgan fingerprint density at radius 3 is 2.94 bits per heavy atom. The second-order valence-electron chi connectivity index (χ2n) is 3.70. The number of aromatic nitrogens is 1. The van der Waals surface area contributed by atoms with Crippen molar-refractivity contribution in [3.05, 3.63) is 22.8 Å². The third-order valence-electron chi connectivity index (χ3n) is 2.19. The second-order valence-corrected chi connectivity index (χ2v) is 4.08. The number of nitrogens with one attached hydrogen (secondary N) is 1. The molecular formula is C11H15ClN2O3. The van der Waals surface area contributed by atoms with E-state index in [0.717, 1.165) is 6.42 Å². The van der Waals surface area contributed by atoms with Crippen LogP contribution < -0.4 is 5.32 Å². The van der Waals surface area contributed by atoms with Gasteiger partial charge in [0, 0.05) is 19.8 Å². The molecule has 6 heteroatoms. The van der Waals surface area contributed by atoms with Crippen LogP contribution in [0.25, 0.3) is 0 Å². The average molecular weight is 259 g/mol. The number of carbonyl (C=O) groups is 1. The normalized spacial score (nSPS) is 12.2. The number of ether oxygens (including phenoxy) is 1. The van der Waals surface area contributed by atoms with Crippen LogP contribution in [-0.2, 0) is 4.74 Å². The molecule has 0 bridgehead atoms. The number of hydrogen-bond donors (Lipinski definition) is 2. The van der Waals surface area contributed by atoms with Gasteiger partial charge in [-0.05, 0) is 25.5 Å². The first-order valence-electron chi connectivity index (χ1n) is 5.19. The molecule has 1 aromatic heterocycles. The number of anilines is 1. The Labute approximate surface area is 105 Å². The van der Waals surface area contributed by atoms with E-state index in [0.29, 0.717) is 12.4 Å². The summed E-state index contributed by atoms with van der Waals surface area (Å²) in [5.74, 6) is -0.569. The van der Waals surface area contributed by atoms with Crippen LogP contribution >= 0.6 is 11.6 Å². The highest BCUT2D eigenvalue weighted by Gasteiger charge is 2.09. The van der Waals surface area contributed by atoms with Crippen molar-refractivity contribution >= 4 is 23.4 Å². The van der Waals surface area contributed by atoms with Crippen molar-refractivity contribution in [3.8, 4) is 0 Å². The molecule has 0 aromatic carbocycles. The van der Waals surface area contributed by atoms with Gasteiger partial charge in [0.15, 0.2) is 0 Å². The van der Waals surface area contributed by atoms with E-state index in [9.17, 15) is 4.79 Å². The summed E-state index contributed by atoms with van der Waals surface area (Å²) in [5.41, 5.74) is 0.117. The minimum atomic E-state index is -1.03. The Morgan fingerprint density at radius 1 is 1.65 bits per heavy atom. The lowest BCUT2D eigenvalue weighted by Gasteiger charge is -2.14. The maximum atomic E-state index is 10.8. The molecule has 0 spiro atoms. The first kappa shape index (κ1) is 13.7. The van der Waals surface area contributed by atoms with Crippen LogP contribution in [0.5, 0.6) is 0 Å². The third-order valence-corrected chi connectivity index (χ3v) is 2.38. The van der Waals surface area contributed by atoms with E-state index < -0.39 is 5.97 Å². The number of pyridine rings is 1. The monoisotopic (exact) mass is 258 g/mol. The van der Waals surface area contributed by atoms with Crippen molar-refractivity contribution in [3.63, 3.8) is 0 Å². The predicted molar refractivity (Wildman–Crippen MR) is 65.8 cm³/mol. The van der Waals surface area contributed by atoms with Crippen LogP contribution in [0.3, 0.4) is 0 Å². The summed E-state index contributed by atoms with van der Waals surface area (Å²) in [7, 11) is 1.63. The molecule has 1 rings (SSSR count). The number of rotatable bonds is 6. The van der Waals surface area contributed by atoms with Gasteiger partial charge in [-0.15, -0.1) is 0 Å². The zero-order chi connectivity index (χ0) is 12.8. The summed E-state index contributed by atoms with van der Waals surface area (Å²) >= 11 is 5.74. The van der Waals surface area contributed by atoms with E-state index in [1.54, 1.807) is 7.11 Å². The fourth-order valence-electron chi connectivity index (χ4n) is 1.31. The van der Waals surface area contributed by atoms with Crippen molar-refractivity contribution in [2.75, 3.05) is 19.0 Å². The van der Waals surface area contributed by atoms with Crippen molar-refractivity contribution in [1.29, 1.82) is 0 Å². The molecule has 0 saturated heterocycles. The highest BCUT2D eigenvalue weighted by Crippen LogP contribution is 2.15. The molecule has 17 heavy (non-hydrogen) atoms. The van der Waals surface area contributed by atoms with Gasteiger partial charge in [-0.3, -0.25) is 0 Å². The number of methoxy groups -OCH3 is 1. The van der Waals surface area contributed by atoms with Crippen LogP contribution in [-0.4, -0.2) is 35.8 Å². The third kappa shape index (κ3) is 4.58. The summed E-state index contributed by atoms with van der Waals surface area (Å²) in [4.78, 5) is 14.8. The number of nitrogens with zero attached hydrogens (tertiary/aromatic N) is 1. The molecule has 0 aliphatic carbocycles. The standard InChI is InChI=1S/C11H15ClN2O3/c1-7(3-4-17-2)13-10-6-8(11(15)16)5-9(12)14-10/h5-7H,3-4H2,1-2H3,(H,13,14)(H,15,16). The minimum Gasteiger partial charge on any atom is -0.478 e. The Morgan fingerprint density at radius 2 is 2.35 bits per heavy atom. The Hall–Kier alpha value is -1.33. The zero-order valence-electron chi connectivity index (χ0n) is 9.74. The van der Waals surface area contributed by atoms with E-state index in [2.05, 4.69) is 10.3 Å². The summed E-state index contributed by atoms with van der Waals surface area (Å²) in [5, 5.41) is 12.1. The minimum absolute atomic E-state index is 0.117. The highest BCUT2D eigenvalue weighted by molar-refractivity contribution is 6.29. The molecule has 5 nitrogen and oxygen atoms in total. The number of aromatic carboxylic acids is 1. The van der Waals surface area contributed by atoms with E-state index in [1.165, 1.54) is 12.1 Å². The average Bonchev–Trinajstić information content (AvgIpc) is 2.25. The quantitative estimate of drug-likeness (QED) is 0.766. The molecule has 1 heterocycles. The molecule has 1 atom stereocenters. The fourth-order valence-corrected chi connectivity index (χ4v) is 1.52. The first-order valence-corrected chi connectivity index (χ1v) is 5.57. The lowest BCUT2D eigenvalue weighted by Crippen LogP contribution is -2.18. The van der Waals surface area contributed by atoms with E-state index in [-0.39, 0.29) is 16.8 Å². The van der Waals surface area contributed by atoms with Gasteiger partial charge in [0.1, 0.15) is 11.0 Å². The molecule has 0 aliphatic heterocycles. The topological polar surface area (TPSA) is 71.5 Å². The Balaban J connectivity index is 2.73. The van der Waals surface area contributed by atoms with Gasteiger partial charge in [0.2, 0.25) is 0 Å². The molecule has 1 unspecified atom stereocenters. The molecule has 0 saturated carbocycles. The summed E-state index contributed by atoms with van der Waals surface area (Å²) < 4.78 is 4.96. The van der Waals surface area contributed by atoms with Crippen LogP contribution in [0.15, 0.2) is 12.1 Å². The van der Waals surface area contributed by atoms with E-state index in [1.807, 2.05) is 6.92 Å². The number of carboxylic acid groups (broad SMARTS) is 1. The summed E-state index contributed by atoms with van der Waals surface area (Å²) in [6.45, 7) is 2.59. The molecule has 0 radical (unpaired) electrons. The SMILES string of the molecule is COCCC(C)Nc1cc(C(=O)O)cc(Cl)n1. The van der Waals surface area contributed by atoms with Gasteiger partial charge in [-0.25, -0.2) is 9.78 Å². The lowest BCUT2D eigenvalue weighted by atomic mass is 10.2. The molecule has 2 N–H and O–H groups in total. The van der Waals surface area contributed by atoms with Gasteiger partial charge >= 0.3 is 5.97 Å². The zero-order valence-corrected chi connectivity index (χ0v) is 10.5. The second kappa shape index (κ2) is 6.42. The number of hydrogen-bond acceptors (Lipinski definition) is 4. The molecular weight excluding hydrogens is 244 g/mol.